The van der Waals surface area contributed by atoms with Crippen LogP contribution in [0.4, 0.5) is 0 Å². The zero-order chi connectivity index (χ0) is 24.0. The quantitative estimate of drug-likeness (QED) is 0.304. The number of aromatic nitrogens is 4. The fourth-order valence-corrected chi connectivity index (χ4v) is 6.55. The fourth-order valence-electron chi connectivity index (χ4n) is 5.82. The average molecular weight is 487 g/mol. The van der Waals surface area contributed by atoms with E-state index in [-0.39, 0.29) is 22.7 Å². The van der Waals surface area contributed by atoms with Crippen LogP contribution in [-0.2, 0) is 21.4 Å². The smallest absolute Gasteiger partial charge is 0.316 e. The molecule has 1 saturated carbocycles. The Labute approximate surface area is 207 Å². The van der Waals surface area contributed by atoms with Crippen LogP contribution in [0.5, 0.6) is 0 Å². The van der Waals surface area contributed by atoms with Crippen molar-refractivity contribution in [3.05, 3.63) is 76.1 Å². The lowest BCUT2D eigenvalue weighted by molar-refractivity contribution is -0.139. The Balaban J connectivity index is 1.69. The summed E-state index contributed by atoms with van der Waals surface area (Å²) in [5, 5.41) is 9.52. The van der Waals surface area contributed by atoms with Crippen molar-refractivity contribution in [2.45, 2.75) is 49.6 Å². The van der Waals surface area contributed by atoms with Gasteiger partial charge in [-0.15, -0.1) is 10.2 Å². The third-order valence-corrected chi connectivity index (χ3v) is 8.13. The molecule has 2 heterocycles. The Morgan fingerprint density at radius 3 is 2.57 bits per heavy atom. The van der Waals surface area contributed by atoms with Gasteiger partial charge in [0.2, 0.25) is 5.78 Å². The van der Waals surface area contributed by atoms with Gasteiger partial charge in [0, 0.05) is 16.5 Å². The number of hydrogen-bond donors (Lipinski definition) is 0. The number of nitrogens with zero attached hydrogens (tertiary/aromatic N) is 4. The minimum atomic E-state index is -0.299. The highest BCUT2D eigenvalue weighted by molar-refractivity contribution is 7.99. The first-order valence-corrected chi connectivity index (χ1v) is 13.1. The highest BCUT2D eigenvalue weighted by atomic mass is 32.2. The summed E-state index contributed by atoms with van der Waals surface area (Å²) in [5.41, 5.74) is 4.53. The number of para-hydroxylation sites is 1. The summed E-state index contributed by atoms with van der Waals surface area (Å²) in [5.74, 6) is 0.282. The number of carbonyl (C=O) groups excluding carboxylic acids is 1. The molecule has 2 aromatic carbocycles. The molecule has 2 aromatic heterocycles. The van der Waals surface area contributed by atoms with Crippen LogP contribution in [0, 0.1) is 0 Å². The van der Waals surface area contributed by atoms with Gasteiger partial charge in [0.05, 0.1) is 23.7 Å². The monoisotopic (exact) mass is 486 g/mol. The first-order valence-electron chi connectivity index (χ1n) is 12.1. The van der Waals surface area contributed by atoms with Gasteiger partial charge in [-0.05, 0) is 43.9 Å². The number of fused-ring (bicyclic) bond motifs is 6. The second kappa shape index (κ2) is 8.68. The van der Waals surface area contributed by atoms with Crippen molar-refractivity contribution in [2.24, 2.45) is 0 Å². The van der Waals surface area contributed by atoms with Gasteiger partial charge in [-0.2, -0.15) is 0 Å². The van der Waals surface area contributed by atoms with E-state index in [4.69, 9.17) is 4.74 Å². The van der Waals surface area contributed by atoms with Crippen molar-refractivity contribution in [3.8, 4) is 16.9 Å². The Bertz CT molecular complexity index is 1490. The summed E-state index contributed by atoms with van der Waals surface area (Å²) < 4.78 is 8.82. The minimum Gasteiger partial charge on any atom is -0.465 e. The molecule has 0 unspecified atom stereocenters. The maximum Gasteiger partial charge on any atom is 0.316 e. The van der Waals surface area contributed by atoms with Crippen molar-refractivity contribution < 1.29 is 9.53 Å². The molecule has 35 heavy (non-hydrogen) atoms. The molecule has 0 amide bonds. The first kappa shape index (κ1) is 22.1. The van der Waals surface area contributed by atoms with Gasteiger partial charge in [0.15, 0.2) is 5.16 Å². The lowest BCUT2D eigenvalue weighted by Gasteiger charge is -2.37. The van der Waals surface area contributed by atoms with E-state index in [2.05, 4.69) is 28.4 Å². The van der Waals surface area contributed by atoms with E-state index in [0.29, 0.717) is 17.5 Å². The van der Waals surface area contributed by atoms with Crippen LogP contribution in [0.1, 0.15) is 43.7 Å². The van der Waals surface area contributed by atoms with Crippen LogP contribution in [0.2, 0.25) is 0 Å². The molecule has 2 aliphatic rings. The fraction of sp³-hybridized carbons (Fsp3) is 0.333. The predicted octanol–water partition coefficient (Wildman–Crippen LogP) is 4.57. The third-order valence-electron chi connectivity index (χ3n) is 7.22. The Morgan fingerprint density at radius 1 is 1.06 bits per heavy atom. The molecule has 4 aromatic rings. The molecule has 0 aliphatic heterocycles. The van der Waals surface area contributed by atoms with E-state index < -0.39 is 0 Å². The molecule has 0 atom stereocenters. The van der Waals surface area contributed by atoms with Gasteiger partial charge in [0.25, 0.3) is 5.56 Å². The molecule has 2 aliphatic carbocycles. The number of rotatable bonds is 5. The number of hydrogen-bond acceptors (Lipinski definition) is 6. The van der Waals surface area contributed by atoms with E-state index in [1.165, 1.54) is 17.3 Å². The van der Waals surface area contributed by atoms with E-state index in [9.17, 15) is 9.59 Å². The van der Waals surface area contributed by atoms with Gasteiger partial charge < -0.3 is 4.74 Å². The van der Waals surface area contributed by atoms with Gasteiger partial charge in [-0.1, -0.05) is 67.1 Å². The van der Waals surface area contributed by atoms with Gasteiger partial charge in [-0.3, -0.25) is 14.0 Å². The highest BCUT2D eigenvalue weighted by Gasteiger charge is 2.45. The number of esters is 1. The second-order valence-corrected chi connectivity index (χ2v) is 10.2. The van der Waals surface area contributed by atoms with Crippen LogP contribution >= 0.6 is 11.8 Å². The van der Waals surface area contributed by atoms with Crippen molar-refractivity contribution >= 4 is 23.5 Å². The molecule has 1 spiro atoms. The lowest BCUT2D eigenvalue weighted by Crippen LogP contribution is -2.40. The topological polar surface area (TPSA) is 78.5 Å². The second-order valence-electron chi connectivity index (χ2n) is 9.23. The van der Waals surface area contributed by atoms with Crippen molar-refractivity contribution in [1.29, 1.82) is 0 Å². The van der Waals surface area contributed by atoms with Gasteiger partial charge in [-0.25, -0.2) is 4.57 Å². The summed E-state index contributed by atoms with van der Waals surface area (Å²) in [6.45, 7) is 2.13. The van der Waals surface area contributed by atoms with Gasteiger partial charge >= 0.3 is 5.97 Å². The average Bonchev–Trinajstić information content (AvgIpc) is 3.51. The maximum absolute atomic E-state index is 14.4. The maximum atomic E-state index is 14.4. The van der Waals surface area contributed by atoms with E-state index in [0.717, 1.165) is 54.6 Å². The zero-order valence-corrected chi connectivity index (χ0v) is 20.4. The summed E-state index contributed by atoms with van der Waals surface area (Å²) in [6, 6.07) is 18.0. The molecule has 0 N–H and O–H groups in total. The molecule has 0 bridgehead atoms. The molecular weight excluding hydrogens is 460 g/mol. The first-order chi connectivity index (χ1) is 17.1. The number of ether oxygens (including phenoxy) is 1. The van der Waals surface area contributed by atoms with Crippen LogP contribution in [0.15, 0.2) is 64.5 Å². The summed E-state index contributed by atoms with van der Waals surface area (Å²) in [4.78, 5) is 26.5. The van der Waals surface area contributed by atoms with Crippen molar-refractivity contribution in [3.63, 3.8) is 0 Å². The largest absolute Gasteiger partial charge is 0.465 e. The SMILES string of the molecule is CCOC(=O)CSc1nnc2n(-c3ccccc3)c(=O)c3c(n12)-c1ccccc1CC31CCCC1. The van der Waals surface area contributed by atoms with Crippen molar-refractivity contribution in [1.82, 2.24) is 19.2 Å². The summed E-state index contributed by atoms with van der Waals surface area (Å²) in [7, 11) is 0. The van der Waals surface area contributed by atoms with Crippen LogP contribution in [0.3, 0.4) is 0 Å². The molecule has 7 nitrogen and oxygen atoms in total. The summed E-state index contributed by atoms with van der Waals surface area (Å²) in [6.07, 6.45) is 5.04. The molecule has 0 radical (unpaired) electrons. The Hall–Kier alpha value is -3.39. The number of thioether (sulfide) groups is 1. The standard InChI is InChI=1S/C27H26N4O3S/c1-2-34-21(32)17-35-26-29-28-25-30(19-11-4-3-5-12-19)24(33)22-23(31(25)26)20-13-7-6-10-18(20)16-27(22)14-8-9-15-27/h3-7,10-13H,2,8-9,14-17H2,1H3. The molecular formula is C27H26N4O3S. The van der Waals surface area contributed by atoms with Crippen molar-refractivity contribution in [2.75, 3.05) is 12.4 Å². The molecule has 178 valence electrons. The predicted molar refractivity (Wildman–Crippen MR) is 135 cm³/mol. The molecule has 6 rings (SSSR count). The van der Waals surface area contributed by atoms with Gasteiger partial charge in [0.1, 0.15) is 0 Å². The van der Waals surface area contributed by atoms with Crippen LogP contribution in [0.25, 0.3) is 22.7 Å². The van der Waals surface area contributed by atoms with Crippen LogP contribution < -0.4 is 5.56 Å². The zero-order valence-electron chi connectivity index (χ0n) is 19.6. The third kappa shape index (κ3) is 3.50. The van der Waals surface area contributed by atoms with E-state index in [1.807, 2.05) is 40.8 Å². The lowest BCUT2D eigenvalue weighted by atomic mass is 9.68. The molecule has 8 heteroatoms. The minimum absolute atomic E-state index is 0.0237. The number of carbonyl (C=O) groups is 1. The Morgan fingerprint density at radius 2 is 1.80 bits per heavy atom. The summed E-state index contributed by atoms with van der Waals surface area (Å²) >= 11 is 1.29. The van der Waals surface area contributed by atoms with E-state index in [1.54, 1.807) is 11.5 Å². The molecule has 0 saturated heterocycles. The molecule has 1 fully saturated rings. The van der Waals surface area contributed by atoms with E-state index >= 15 is 0 Å². The Kier molecular flexibility index (Phi) is 5.48. The highest BCUT2D eigenvalue weighted by Crippen LogP contribution is 2.50. The normalized spacial score (nSPS) is 15.8. The number of benzene rings is 2. The van der Waals surface area contributed by atoms with Crippen LogP contribution in [-0.4, -0.2) is 37.5 Å².